The molecule has 2 heterocycles. The second-order valence-electron chi connectivity index (χ2n) is 5.24. The van der Waals surface area contributed by atoms with Crippen molar-refractivity contribution in [1.29, 1.82) is 0 Å². The topological polar surface area (TPSA) is 40.6 Å². The fourth-order valence-corrected chi connectivity index (χ4v) is 4.02. The average Bonchev–Trinajstić information content (AvgIpc) is 2.43. The van der Waals surface area contributed by atoms with E-state index >= 15 is 0 Å². The lowest BCUT2D eigenvalue weighted by Crippen LogP contribution is -2.61. The van der Waals surface area contributed by atoms with Gasteiger partial charge in [0.1, 0.15) is 18.4 Å². The van der Waals surface area contributed by atoms with E-state index in [1.807, 2.05) is 0 Å². The summed E-state index contributed by atoms with van der Waals surface area (Å²) in [5.74, 6) is -0.735. The van der Waals surface area contributed by atoms with Gasteiger partial charge in [-0.3, -0.25) is 14.5 Å². The number of rotatable bonds is 1. The number of carbonyl (C=O) groups excluding carboxylic acids is 2. The second kappa shape index (κ2) is 5.57. The smallest absolute Gasteiger partial charge is 0.250 e. The highest BCUT2D eigenvalue weighted by atomic mass is 79.9. The van der Waals surface area contributed by atoms with Gasteiger partial charge in [-0.15, -0.1) is 0 Å². The molecule has 0 aliphatic carbocycles. The molecule has 0 spiro atoms. The number of piperazine rings is 1. The van der Waals surface area contributed by atoms with E-state index in [0.29, 0.717) is 23.1 Å². The van der Waals surface area contributed by atoms with Crippen molar-refractivity contribution >= 4 is 45.0 Å². The summed E-state index contributed by atoms with van der Waals surface area (Å²) in [6.45, 7) is 0.570. The molecule has 1 aromatic rings. The van der Waals surface area contributed by atoms with Gasteiger partial charge in [0.25, 0.3) is 0 Å². The monoisotopic (exact) mass is 374 g/mol. The van der Waals surface area contributed by atoms with Crippen molar-refractivity contribution in [3.8, 4) is 0 Å². The molecule has 21 heavy (non-hydrogen) atoms. The van der Waals surface area contributed by atoms with Crippen LogP contribution in [-0.2, 0) is 9.59 Å². The maximum absolute atomic E-state index is 13.3. The van der Waals surface area contributed by atoms with Gasteiger partial charge < -0.3 is 4.90 Å². The Morgan fingerprint density at radius 3 is 2.76 bits per heavy atom. The maximum atomic E-state index is 13.3. The fourth-order valence-electron chi connectivity index (χ4n) is 2.95. The van der Waals surface area contributed by atoms with Crippen LogP contribution in [0.15, 0.2) is 16.6 Å². The first-order chi connectivity index (χ1) is 9.99. The highest BCUT2D eigenvalue weighted by Crippen LogP contribution is 2.37. The van der Waals surface area contributed by atoms with Crippen molar-refractivity contribution in [3.05, 3.63) is 27.4 Å². The number of amides is 2. The number of fused-ring (bicyclic) bond motifs is 1. The predicted octanol–water partition coefficient (Wildman–Crippen LogP) is 2.97. The van der Waals surface area contributed by atoms with Gasteiger partial charge >= 0.3 is 0 Å². The zero-order valence-electron chi connectivity index (χ0n) is 11.1. The number of hydrogen-bond acceptors (Lipinski definition) is 2. The van der Waals surface area contributed by atoms with Gasteiger partial charge in [0.2, 0.25) is 11.8 Å². The minimum absolute atomic E-state index is 0.0563. The van der Waals surface area contributed by atoms with Gasteiger partial charge in [-0.05, 0) is 47.3 Å². The van der Waals surface area contributed by atoms with Crippen LogP contribution in [0, 0.1) is 5.82 Å². The van der Waals surface area contributed by atoms with Crippen molar-refractivity contribution < 1.29 is 14.0 Å². The molecule has 2 fully saturated rings. The van der Waals surface area contributed by atoms with Crippen LogP contribution in [0.4, 0.5) is 10.1 Å². The molecule has 1 atom stereocenters. The number of piperidine rings is 1. The van der Waals surface area contributed by atoms with E-state index in [0.717, 1.165) is 18.9 Å². The van der Waals surface area contributed by atoms with Gasteiger partial charge in [-0.2, -0.15) is 0 Å². The summed E-state index contributed by atoms with van der Waals surface area (Å²) < 4.78 is 13.7. The van der Waals surface area contributed by atoms with E-state index in [4.69, 9.17) is 11.6 Å². The molecule has 0 radical (unpaired) electrons. The molecule has 3 rings (SSSR count). The summed E-state index contributed by atoms with van der Waals surface area (Å²) in [4.78, 5) is 27.9. The predicted molar refractivity (Wildman–Crippen MR) is 80.8 cm³/mol. The number of carbonyl (C=O) groups is 2. The minimum Gasteiger partial charge on any atom is -0.329 e. The number of halogens is 3. The number of anilines is 1. The van der Waals surface area contributed by atoms with Gasteiger partial charge in [0.15, 0.2) is 0 Å². The molecule has 0 saturated carbocycles. The first-order valence-electron chi connectivity index (χ1n) is 6.74. The van der Waals surface area contributed by atoms with E-state index in [2.05, 4.69) is 15.9 Å². The Kier molecular flexibility index (Phi) is 3.92. The highest BCUT2D eigenvalue weighted by molar-refractivity contribution is 9.10. The zero-order chi connectivity index (χ0) is 15.1. The summed E-state index contributed by atoms with van der Waals surface area (Å²) in [6, 6.07) is 1.96. The van der Waals surface area contributed by atoms with Crippen LogP contribution in [0.1, 0.15) is 19.3 Å². The van der Waals surface area contributed by atoms with Crippen LogP contribution in [-0.4, -0.2) is 35.8 Å². The van der Waals surface area contributed by atoms with Crippen molar-refractivity contribution in [2.45, 2.75) is 25.3 Å². The largest absolute Gasteiger partial charge is 0.329 e. The molecule has 7 heteroatoms. The van der Waals surface area contributed by atoms with E-state index in [1.54, 1.807) is 4.90 Å². The highest BCUT2D eigenvalue weighted by Gasteiger charge is 2.41. The summed E-state index contributed by atoms with van der Waals surface area (Å²) >= 11 is 9.29. The molecule has 2 aliphatic rings. The van der Waals surface area contributed by atoms with Gasteiger partial charge in [-0.25, -0.2) is 4.39 Å². The third-order valence-corrected chi connectivity index (χ3v) is 4.81. The second-order valence-corrected chi connectivity index (χ2v) is 6.50. The number of hydrogen-bond donors (Lipinski definition) is 0. The van der Waals surface area contributed by atoms with Crippen LogP contribution >= 0.6 is 27.5 Å². The Morgan fingerprint density at radius 1 is 1.29 bits per heavy atom. The first-order valence-corrected chi connectivity index (χ1v) is 7.91. The zero-order valence-corrected chi connectivity index (χ0v) is 13.5. The van der Waals surface area contributed by atoms with Gasteiger partial charge in [0, 0.05) is 11.0 Å². The van der Waals surface area contributed by atoms with Crippen molar-refractivity contribution in [2.75, 3.05) is 18.0 Å². The van der Waals surface area contributed by atoms with Crippen molar-refractivity contribution in [3.63, 3.8) is 0 Å². The lowest BCUT2D eigenvalue weighted by Gasteiger charge is -2.43. The lowest BCUT2D eigenvalue weighted by molar-refractivity contribution is -0.144. The Bertz CT molecular complexity index is 602. The molecule has 4 nitrogen and oxygen atoms in total. The van der Waals surface area contributed by atoms with Crippen LogP contribution in [0.3, 0.4) is 0 Å². The SMILES string of the molecule is O=C1C2CCCCN2C(=O)CN1c1c(Cl)cc(F)cc1Br. The molecular formula is C14H13BrClFN2O2. The quantitative estimate of drug-likeness (QED) is 0.757. The standard InChI is InChI=1S/C14H13BrClFN2O2/c15-9-5-8(17)6-10(16)13(9)19-7-12(20)18-4-2-1-3-11(18)14(19)21/h5-6,11H,1-4,7H2. The van der Waals surface area contributed by atoms with Gasteiger partial charge in [-0.1, -0.05) is 11.6 Å². The van der Waals surface area contributed by atoms with Crippen LogP contribution in [0.25, 0.3) is 0 Å². The normalized spacial score (nSPS) is 22.5. The Hall–Kier alpha value is -1.14. The molecule has 2 amide bonds. The summed E-state index contributed by atoms with van der Waals surface area (Å²) in [6.07, 6.45) is 2.51. The molecular weight excluding hydrogens is 363 g/mol. The molecule has 1 unspecified atom stereocenters. The lowest BCUT2D eigenvalue weighted by atomic mass is 9.98. The van der Waals surface area contributed by atoms with Crippen LogP contribution < -0.4 is 4.90 Å². The third kappa shape index (κ3) is 2.55. The van der Waals surface area contributed by atoms with E-state index < -0.39 is 11.9 Å². The molecule has 0 aromatic heterocycles. The summed E-state index contributed by atoms with van der Waals surface area (Å²) in [5.41, 5.74) is 0.363. The van der Waals surface area contributed by atoms with Crippen molar-refractivity contribution in [2.24, 2.45) is 0 Å². The number of nitrogens with zero attached hydrogens (tertiary/aromatic N) is 2. The van der Waals surface area contributed by atoms with Gasteiger partial charge in [0.05, 0.1) is 10.7 Å². The molecule has 2 saturated heterocycles. The Morgan fingerprint density at radius 2 is 2.05 bits per heavy atom. The molecule has 2 aliphatic heterocycles. The Labute approximate surface area is 135 Å². The summed E-state index contributed by atoms with van der Waals surface area (Å²) in [5, 5.41) is 0.118. The summed E-state index contributed by atoms with van der Waals surface area (Å²) in [7, 11) is 0. The van der Waals surface area contributed by atoms with Crippen LogP contribution in [0.5, 0.6) is 0 Å². The van der Waals surface area contributed by atoms with E-state index in [-0.39, 0.29) is 23.4 Å². The molecule has 0 N–H and O–H groups in total. The van der Waals surface area contributed by atoms with E-state index in [1.165, 1.54) is 11.0 Å². The molecule has 0 bridgehead atoms. The van der Waals surface area contributed by atoms with Crippen molar-refractivity contribution in [1.82, 2.24) is 4.90 Å². The van der Waals surface area contributed by atoms with E-state index in [9.17, 15) is 14.0 Å². The fraction of sp³-hybridized carbons (Fsp3) is 0.429. The maximum Gasteiger partial charge on any atom is 0.250 e. The molecule has 1 aromatic carbocycles. The first kappa shape index (κ1) is 14.8. The van der Waals surface area contributed by atoms with Crippen LogP contribution in [0.2, 0.25) is 5.02 Å². The third-order valence-electron chi connectivity index (χ3n) is 3.92. The Balaban J connectivity index is 2.00. The average molecular weight is 376 g/mol. The minimum atomic E-state index is -0.495. The number of benzene rings is 1. The molecule has 112 valence electrons.